The van der Waals surface area contributed by atoms with Gasteiger partial charge in [0.25, 0.3) is 0 Å². The molecule has 5 nitrogen and oxygen atoms in total. The van der Waals surface area contributed by atoms with E-state index in [0.29, 0.717) is 0 Å². The molecular weight excluding hydrogens is 273 g/mol. The highest BCUT2D eigenvalue weighted by Crippen LogP contribution is 2.38. The molecular formula is C12H12FNO4S. The smallest absolute Gasteiger partial charge is 0.331 e. The quantitative estimate of drug-likeness (QED) is 0.812. The van der Waals surface area contributed by atoms with Crippen LogP contribution in [0.15, 0.2) is 24.3 Å². The lowest BCUT2D eigenvalue weighted by Gasteiger charge is -2.17. The molecule has 0 saturated carbocycles. The number of methoxy groups -OCH3 is 1. The lowest BCUT2D eigenvalue weighted by atomic mass is 10.0. The lowest BCUT2D eigenvalue weighted by Crippen LogP contribution is -2.33. The third-order valence-corrected chi connectivity index (χ3v) is 4.18. The number of carboxylic acids is 1. The highest BCUT2D eigenvalue weighted by atomic mass is 32.2. The Labute approximate surface area is 113 Å². The molecule has 0 spiro atoms. The van der Waals surface area contributed by atoms with Crippen molar-refractivity contribution in [2.45, 2.75) is 16.7 Å². The number of hydrogen-bond acceptors (Lipinski definition) is 5. The molecule has 2 N–H and O–H groups in total. The molecule has 0 aromatic heterocycles. The number of rotatable bonds is 3. The van der Waals surface area contributed by atoms with Crippen molar-refractivity contribution >= 4 is 23.7 Å². The van der Waals surface area contributed by atoms with Crippen LogP contribution in [-0.2, 0) is 14.3 Å². The Morgan fingerprint density at radius 3 is 2.68 bits per heavy atom. The van der Waals surface area contributed by atoms with Gasteiger partial charge in [-0.1, -0.05) is 18.2 Å². The second kappa shape index (κ2) is 5.58. The maximum Gasteiger partial charge on any atom is 0.331 e. The molecule has 0 radical (unpaired) electrons. The van der Waals surface area contributed by atoms with E-state index in [1.165, 1.54) is 25.3 Å². The molecule has 102 valence electrons. The van der Waals surface area contributed by atoms with E-state index in [1.54, 1.807) is 6.07 Å². The first-order chi connectivity index (χ1) is 9.04. The second-order valence-electron chi connectivity index (χ2n) is 3.96. The molecule has 3 atom stereocenters. The van der Waals surface area contributed by atoms with Crippen LogP contribution in [0.25, 0.3) is 0 Å². The Kier molecular flexibility index (Phi) is 4.06. The van der Waals surface area contributed by atoms with Crippen molar-refractivity contribution < 1.29 is 23.8 Å². The summed E-state index contributed by atoms with van der Waals surface area (Å²) in [6.45, 7) is 0. The van der Waals surface area contributed by atoms with E-state index in [1.807, 2.05) is 0 Å². The van der Waals surface area contributed by atoms with Crippen LogP contribution in [0.3, 0.4) is 0 Å². The number of carbonyl (C=O) groups is 2. The fraction of sp³-hybridized carbons (Fsp3) is 0.333. The molecule has 0 bridgehead atoms. The van der Waals surface area contributed by atoms with Gasteiger partial charge in [0.15, 0.2) is 5.37 Å². The molecule has 1 saturated heterocycles. The van der Waals surface area contributed by atoms with Crippen LogP contribution in [0.5, 0.6) is 0 Å². The Balaban J connectivity index is 2.33. The zero-order chi connectivity index (χ0) is 14.0. The molecule has 1 aromatic carbocycles. The Morgan fingerprint density at radius 1 is 1.42 bits per heavy atom. The number of ether oxygens (including phenoxy) is 1. The number of carbonyl (C=O) groups excluding carboxylic acids is 1. The average molecular weight is 285 g/mol. The topological polar surface area (TPSA) is 75.6 Å². The van der Waals surface area contributed by atoms with Gasteiger partial charge in [-0.15, -0.1) is 11.8 Å². The number of hydrogen-bond donors (Lipinski definition) is 2. The number of carboxylic acid groups (broad SMARTS) is 1. The van der Waals surface area contributed by atoms with Crippen LogP contribution in [0.4, 0.5) is 4.39 Å². The molecule has 1 heterocycles. The molecule has 2 unspecified atom stereocenters. The maximum absolute atomic E-state index is 13.8. The first-order valence-corrected chi connectivity index (χ1v) is 6.45. The second-order valence-corrected chi connectivity index (χ2v) is 5.22. The van der Waals surface area contributed by atoms with E-state index in [0.717, 1.165) is 11.8 Å². The summed E-state index contributed by atoms with van der Waals surface area (Å²) >= 11 is 0.911. The molecule has 0 amide bonds. The first kappa shape index (κ1) is 13.8. The van der Waals surface area contributed by atoms with Gasteiger partial charge < -0.3 is 9.84 Å². The van der Waals surface area contributed by atoms with E-state index < -0.39 is 34.4 Å². The average Bonchev–Trinajstić information content (AvgIpc) is 2.83. The highest BCUT2D eigenvalue weighted by Gasteiger charge is 2.44. The number of halogens is 1. The van der Waals surface area contributed by atoms with Crippen molar-refractivity contribution in [2.75, 3.05) is 7.11 Å². The minimum atomic E-state index is -1.10. The predicted molar refractivity (Wildman–Crippen MR) is 67.1 cm³/mol. The van der Waals surface area contributed by atoms with Crippen molar-refractivity contribution in [3.05, 3.63) is 35.6 Å². The summed E-state index contributed by atoms with van der Waals surface area (Å²) in [5.74, 6) is -2.16. The zero-order valence-corrected chi connectivity index (χ0v) is 10.8. The van der Waals surface area contributed by atoms with E-state index in [4.69, 9.17) is 5.11 Å². The van der Waals surface area contributed by atoms with Gasteiger partial charge in [-0.2, -0.15) is 0 Å². The fourth-order valence-corrected chi connectivity index (χ4v) is 3.16. The summed E-state index contributed by atoms with van der Waals surface area (Å²) in [6.07, 6.45) is 0. The summed E-state index contributed by atoms with van der Waals surface area (Å²) < 4.78 is 18.4. The summed E-state index contributed by atoms with van der Waals surface area (Å²) in [4.78, 5) is 22.7. The van der Waals surface area contributed by atoms with Gasteiger partial charge >= 0.3 is 11.9 Å². The van der Waals surface area contributed by atoms with E-state index in [2.05, 4.69) is 10.1 Å². The van der Waals surface area contributed by atoms with Gasteiger partial charge in [0.1, 0.15) is 11.1 Å². The number of aliphatic carboxylic acids is 1. The summed E-state index contributed by atoms with van der Waals surface area (Å²) in [7, 11) is 1.22. The minimum absolute atomic E-state index is 0.258. The number of thioether (sulfide) groups is 1. The number of nitrogens with one attached hydrogen (secondary N) is 1. The molecule has 0 aliphatic carbocycles. The molecule has 1 aromatic rings. The summed E-state index contributed by atoms with van der Waals surface area (Å²) in [5.41, 5.74) is 0.258. The monoisotopic (exact) mass is 285 g/mol. The van der Waals surface area contributed by atoms with Crippen molar-refractivity contribution in [1.82, 2.24) is 5.32 Å². The largest absolute Gasteiger partial charge is 0.479 e. The maximum atomic E-state index is 13.8. The SMILES string of the molecule is COC(=O)C1SC(C(=O)O)N[C@H]1c1ccccc1F. The Morgan fingerprint density at radius 2 is 2.11 bits per heavy atom. The number of esters is 1. The normalized spacial score (nSPS) is 26.1. The van der Waals surface area contributed by atoms with Crippen LogP contribution >= 0.6 is 11.8 Å². The number of benzene rings is 1. The zero-order valence-electron chi connectivity index (χ0n) is 10.00. The van der Waals surface area contributed by atoms with E-state index >= 15 is 0 Å². The standard InChI is InChI=1S/C12H12FNO4S/c1-18-12(17)9-8(14-10(19-9)11(15)16)6-4-2-3-5-7(6)13/h2-5,8-10,14H,1H3,(H,15,16)/t8-,9?,10?/m0/s1. The van der Waals surface area contributed by atoms with Gasteiger partial charge in [-0.25, -0.2) is 9.18 Å². The minimum Gasteiger partial charge on any atom is -0.479 e. The van der Waals surface area contributed by atoms with Crippen LogP contribution in [0, 0.1) is 5.82 Å². The fourth-order valence-electron chi connectivity index (χ4n) is 1.93. The summed E-state index contributed by atoms with van der Waals surface area (Å²) in [6, 6.07) is 5.23. The van der Waals surface area contributed by atoms with Crippen LogP contribution in [-0.4, -0.2) is 34.8 Å². The van der Waals surface area contributed by atoms with Crippen LogP contribution in [0.2, 0.25) is 0 Å². The van der Waals surface area contributed by atoms with Gasteiger partial charge in [-0.05, 0) is 6.07 Å². The van der Waals surface area contributed by atoms with Gasteiger partial charge in [0, 0.05) is 5.56 Å². The van der Waals surface area contributed by atoms with Crippen molar-refractivity contribution in [2.24, 2.45) is 0 Å². The van der Waals surface area contributed by atoms with Crippen molar-refractivity contribution in [1.29, 1.82) is 0 Å². The van der Waals surface area contributed by atoms with Gasteiger partial charge in [-0.3, -0.25) is 10.1 Å². The van der Waals surface area contributed by atoms with Gasteiger partial charge in [0.05, 0.1) is 13.2 Å². The Hall–Kier alpha value is -1.60. The summed E-state index contributed by atoms with van der Waals surface area (Å²) in [5, 5.41) is 9.97. The molecule has 7 heteroatoms. The van der Waals surface area contributed by atoms with Crippen molar-refractivity contribution in [3.8, 4) is 0 Å². The Bertz CT molecular complexity index is 510. The third kappa shape index (κ3) is 2.71. The van der Waals surface area contributed by atoms with E-state index in [-0.39, 0.29) is 5.56 Å². The predicted octanol–water partition coefficient (Wildman–Crippen LogP) is 1.16. The molecule has 1 aliphatic heterocycles. The molecule has 19 heavy (non-hydrogen) atoms. The van der Waals surface area contributed by atoms with Crippen LogP contribution in [0.1, 0.15) is 11.6 Å². The molecule has 1 fully saturated rings. The van der Waals surface area contributed by atoms with Gasteiger partial charge in [0.2, 0.25) is 0 Å². The van der Waals surface area contributed by atoms with Crippen molar-refractivity contribution in [3.63, 3.8) is 0 Å². The first-order valence-electron chi connectivity index (χ1n) is 5.51. The lowest BCUT2D eigenvalue weighted by molar-refractivity contribution is -0.141. The highest BCUT2D eigenvalue weighted by molar-refractivity contribution is 8.02. The molecule has 2 rings (SSSR count). The third-order valence-electron chi connectivity index (χ3n) is 2.81. The van der Waals surface area contributed by atoms with E-state index in [9.17, 15) is 14.0 Å². The van der Waals surface area contributed by atoms with Crippen LogP contribution < -0.4 is 5.32 Å². The molecule has 1 aliphatic rings.